The minimum atomic E-state index is 0.826. The average Bonchev–Trinajstić information content (AvgIpc) is 2.46. The van der Waals surface area contributed by atoms with Gasteiger partial charge in [-0.2, -0.15) is 11.8 Å². The minimum absolute atomic E-state index is 0.826. The van der Waals surface area contributed by atoms with Crippen LogP contribution in [0.15, 0.2) is 0 Å². The molecule has 0 aromatic carbocycles. The van der Waals surface area contributed by atoms with Gasteiger partial charge in [-0.25, -0.2) is 0 Å². The topological polar surface area (TPSA) is 15.3 Å². The molecular weight excluding hydrogens is 192 g/mol. The SMILES string of the molecule is CSCCCN(C)C1CCCNCC1. The maximum atomic E-state index is 3.47. The maximum absolute atomic E-state index is 3.47. The van der Waals surface area contributed by atoms with E-state index in [0.717, 1.165) is 6.04 Å². The van der Waals surface area contributed by atoms with Gasteiger partial charge in [0.2, 0.25) is 0 Å². The van der Waals surface area contributed by atoms with E-state index in [1.54, 1.807) is 0 Å². The van der Waals surface area contributed by atoms with Crippen LogP contribution in [0.3, 0.4) is 0 Å². The molecule has 1 unspecified atom stereocenters. The summed E-state index contributed by atoms with van der Waals surface area (Å²) in [6.07, 6.45) is 7.58. The van der Waals surface area contributed by atoms with Crippen molar-refractivity contribution in [2.24, 2.45) is 0 Å². The fourth-order valence-corrected chi connectivity index (χ4v) is 2.50. The van der Waals surface area contributed by atoms with Crippen LogP contribution >= 0.6 is 11.8 Å². The van der Waals surface area contributed by atoms with E-state index in [-0.39, 0.29) is 0 Å². The van der Waals surface area contributed by atoms with E-state index in [9.17, 15) is 0 Å². The van der Waals surface area contributed by atoms with Crippen LogP contribution < -0.4 is 5.32 Å². The fraction of sp³-hybridized carbons (Fsp3) is 1.00. The zero-order chi connectivity index (χ0) is 10.2. The number of thioether (sulfide) groups is 1. The number of nitrogens with zero attached hydrogens (tertiary/aromatic N) is 1. The van der Waals surface area contributed by atoms with Gasteiger partial charge in [-0.05, 0) is 64.4 Å². The van der Waals surface area contributed by atoms with Gasteiger partial charge in [-0.3, -0.25) is 0 Å². The van der Waals surface area contributed by atoms with Gasteiger partial charge in [0, 0.05) is 6.04 Å². The van der Waals surface area contributed by atoms with Crippen molar-refractivity contribution < 1.29 is 0 Å². The minimum Gasteiger partial charge on any atom is -0.317 e. The Balaban J connectivity index is 2.16. The molecule has 0 saturated carbocycles. The fourth-order valence-electron chi connectivity index (χ4n) is 2.08. The third-order valence-corrected chi connectivity index (χ3v) is 3.72. The van der Waals surface area contributed by atoms with Gasteiger partial charge in [-0.15, -0.1) is 0 Å². The third kappa shape index (κ3) is 4.67. The van der Waals surface area contributed by atoms with Crippen LogP contribution in [-0.2, 0) is 0 Å². The summed E-state index contributed by atoms with van der Waals surface area (Å²) in [6, 6.07) is 0.826. The summed E-state index contributed by atoms with van der Waals surface area (Å²) in [6.45, 7) is 3.69. The number of hydrogen-bond acceptors (Lipinski definition) is 3. The zero-order valence-electron chi connectivity index (χ0n) is 9.59. The van der Waals surface area contributed by atoms with E-state index in [0.29, 0.717) is 0 Å². The Hall–Kier alpha value is 0.270. The van der Waals surface area contributed by atoms with Gasteiger partial charge in [0.15, 0.2) is 0 Å². The van der Waals surface area contributed by atoms with Crippen molar-refractivity contribution in [2.75, 3.05) is 38.7 Å². The predicted molar refractivity (Wildman–Crippen MR) is 66.1 cm³/mol. The van der Waals surface area contributed by atoms with Crippen molar-refractivity contribution >= 4 is 11.8 Å². The Morgan fingerprint density at radius 2 is 2.21 bits per heavy atom. The maximum Gasteiger partial charge on any atom is 0.0105 e. The smallest absolute Gasteiger partial charge is 0.0105 e. The van der Waals surface area contributed by atoms with E-state index in [2.05, 4.69) is 23.5 Å². The molecule has 0 aromatic heterocycles. The second kappa shape index (κ2) is 7.55. The highest BCUT2D eigenvalue weighted by Crippen LogP contribution is 2.12. The molecule has 1 atom stereocenters. The first-order valence-electron chi connectivity index (χ1n) is 5.74. The Labute approximate surface area is 92.8 Å². The number of nitrogens with one attached hydrogen (secondary N) is 1. The Morgan fingerprint density at radius 1 is 1.36 bits per heavy atom. The molecule has 14 heavy (non-hydrogen) atoms. The summed E-state index contributed by atoms with van der Waals surface area (Å²) in [5.74, 6) is 1.30. The lowest BCUT2D eigenvalue weighted by atomic mass is 10.1. The molecule has 0 amide bonds. The van der Waals surface area contributed by atoms with E-state index in [1.165, 1.54) is 51.1 Å². The molecule has 84 valence electrons. The monoisotopic (exact) mass is 216 g/mol. The summed E-state index contributed by atoms with van der Waals surface area (Å²) in [7, 11) is 2.29. The Morgan fingerprint density at radius 3 is 3.00 bits per heavy atom. The van der Waals surface area contributed by atoms with Gasteiger partial charge in [0.1, 0.15) is 0 Å². The summed E-state index contributed by atoms with van der Waals surface area (Å²) in [4.78, 5) is 2.56. The van der Waals surface area contributed by atoms with Crippen LogP contribution in [0.2, 0.25) is 0 Å². The van der Waals surface area contributed by atoms with E-state index in [1.807, 2.05) is 11.8 Å². The quantitative estimate of drug-likeness (QED) is 0.706. The molecule has 0 spiro atoms. The molecule has 1 N–H and O–H groups in total. The van der Waals surface area contributed by atoms with Crippen LogP contribution in [-0.4, -0.2) is 49.6 Å². The van der Waals surface area contributed by atoms with Gasteiger partial charge in [-0.1, -0.05) is 0 Å². The van der Waals surface area contributed by atoms with Gasteiger partial charge in [0.05, 0.1) is 0 Å². The largest absolute Gasteiger partial charge is 0.317 e. The van der Waals surface area contributed by atoms with Crippen molar-refractivity contribution in [3.63, 3.8) is 0 Å². The molecule has 1 aliphatic rings. The third-order valence-electron chi connectivity index (χ3n) is 3.03. The molecule has 3 heteroatoms. The van der Waals surface area contributed by atoms with Crippen molar-refractivity contribution in [3.8, 4) is 0 Å². The number of rotatable bonds is 5. The average molecular weight is 216 g/mol. The van der Waals surface area contributed by atoms with Crippen molar-refractivity contribution in [3.05, 3.63) is 0 Å². The van der Waals surface area contributed by atoms with E-state index in [4.69, 9.17) is 0 Å². The lowest BCUT2D eigenvalue weighted by Crippen LogP contribution is -2.33. The molecule has 1 heterocycles. The van der Waals surface area contributed by atoms with Gasteiger partial charge in [0.25, 0.3) is 0 Å². The lowest BCUT2D eigenvalue weighted by Gasteiger charge is -2.26. The highest BCUT2D eigenvalue weighted by molar-refractivity contribution is 7.98. The number of hydrogen-bond donors (Lipinski definition) is 1. The predicted octanol–water partition coefficient (Wildman–Crippen LogP) is 1.81. The second-order valence-corrected chi connectivity index (χ2v) is 5.15. The molecule has 2 nitrogen and oxygen atoms in total. The zero-order valence-corrected chi connectivity index (χ0v) is 10.4. The first kappa shape index (κ1) is 12.3. The van der Waals surface area contributed by atoms with Crippen LogP contribution in [0.5, 0.6) is 0 Å². The van der Waals surface area contributed by atoms with Crippen LogP contribution in [0.1, 0.15) is 25.7 Å². The molecule has 0 aromatic rings. The van der Waals surface area contributed by atoms with Gasteiger partial charge >= 0.3 is 0 Å². The second-order valence-electron chi connectivity index (χ2n) is 4.16. The first-order valence-corrected chi connectivity index (χ1v) is 7.14. The van der Waals surface area contributed by atoms with E-state index >= 15 is 0 Å². The van der Waals surface area contributed by atoms with Crippen molar-refractivity contribution in [1.29, 1.82) is 0 Å². The summed E-state index contributed by atoms with van der Waals surface area (Å²) < 4.78 is 0. The van der Waals surface area contributed by atoms with Gasteiger partial charge < -0.3 is 10.2 Å². The molecule has 0 bridgehead atoms. The van der Waals surface area contributed by atoms with Crippen LogP contribution in [0.25, 0.3) is 0 Å². The van der Waals surface area contributed by atoms with Crippen molar-refractivity contribution in [1.82, 2.24) is 10.2 Å². The highest BCUT2D eigenvalue weighted by Gasteiger charge is 2.15. The summed E-state index contributed by atoms with van der Waals surface area (Å²) >= 11 is 1.96. The van der Waals surface area contributed by atoms with Crippen molar-refractivity contribution in [2.45, 2.75) is 31.7 Å². The molecule has 1 saturated heterocycles. The molecular formula is C11H24N2S. The first-order chi connectivity index (χ1) is 6.84. The lowest BCUT2D eigenvalue weighted by molar-refractivity contribution is 0.225. The summed E-state index contributed by atoms with van der Waals surface area (Å²) in [5.41, 5.74) is 0. The Bertz CT molecular complexity index is 133. The van der Waals surface area contributed by atoms with E-state index < -0.39 is 0 Å². The van der Waals surface area contributed by atoms with Crippen LogP contribution in [0, 0.1) is 0 Å². The molecule has 0 radical (unpaired) electrons. The standard InChI is InChI=1S/C11H24N2S/c1-13(9-4-10-14-2)11-5-3-7-12-8-6-11/h11-12H,3-10H2,1-2H3. The molecule has 1 rings (SSSR count). The highest BCUT2D eigenvalue weighted by atomic mass is 32.2. The molecule has 0 aliphatic carbocycles. The molecule has 1 aliphatic heterocycles. The Kier molecular flexibility index (Phi) is 6.65. The summed E-state index contributed by atoms with van der Waals surface area (Å²) in [5, 5.41) is 3.47. The molecule has 1 fully saturated rings. The normalized spacial score (nSPS) is 23.8. The van der Waals surface area contributed by atoms with Crippen LogP contribution in [0.4, 0.5) is 0 Å².